The second-order valence-corrected chi connectivity index (χ2v) is 3.92. The van der Waals surface area contributed by atoms with Crippen molar-refractivity contribution >= 4 is 23.1 Å². The first-order chi connectivity index (χ1) is 8.20. The Bertz CT molecular complexity index is 589. The van der Waals surface area contributed by atoms with Gasteiger partial charge in [0.05, 0.1) is 22.5 Å². The fraction of sp³-hybridized carbons (Fsp3) is 0.0833. The Kier molecular flexibility index (Phi) is 3.22. The largest absolute Gasteiger partial charge is 0.336 e. The van der Waals surface area contributed by atoms with Crippen molar-refractivity contribution < 1.29 is 0 Å². The highest BCUT2D eigenvalue weighted by Gasteiger charge is 2.06. The van der Waals surface area contributed by atoms with Gasteiger partial charge in [0.2, 0.25) is 0 Å². The second kappa shape index (κ2) is 4.81. The van der Waals surface area contributed by atoms with Gasteiger partial charge in [0.1, 0.15) is 6.07 Å². The van der Waals surface area contributed by atoms with Gasteiger partial charge in [0.15, 0.2) is 5.82 Å². The maximum absolute atomic E-state index is 8.93. The molecule has 0 fully saturated rings. The molecule has 4 nitrogen and oxygen atoms in total. The lowest BCUT2D eigenvalue weighted by Crippen LogP contribution is -1.99. The van der Waals surface area contributed by atoms with Gasteiger partial charge in [0.25, 0.3) is 0 Å². The average molecular weight is 245 g/mol. The summed E-state index contributed by atoms with van der Waals surface area (Å²) in [6, 6.07) is 9.23. The molecule has 0 unspecified atom stereocenters. The standard InChI is InChI=1S/C12H9ClN4/c1-8-2-3-10(13)11(6-8)16-12-9(7-14)4-5-15-17-12/h2-6H,1H3,(H,16,17). The number of hydrogen-bond donors (Lipinski definition) is 1. The molecule has 1 heterocycles. The average Bonchev–Trinajstić information content (AvgIpc) is 2.34. The molecule has 0 amide bonds. The van der Waals surface area contributed by atoms with Gasteiger partial charge in [0, 0.05) is 0 Å². The van der Waals surface area contributed by atoms with Crippen LogP contribution in [0.2, 0.25) is 5.02 Å². The molecule has 2 aromatic rings. The number of nitriles is 1. The van der Waals surface area contributed by atoms with Crippen LogP contribution in [0.3, 0.4) is 0 Å². The summed E-state index contributed by atoms with van der Waals surface area (Å²) in [5.74, 6) is 0.405. The third-order valence-corrected chi connectivity index (χ3v) is 2.55. The van der Waals surface area contributed by atoms with Crippen LogP contribution in [0.25, 0.3) is 0 Å². The zero-order valence-corrected chi connectivity index (χ0v) is 9.86. The van der Waals surface area contributed by atoms with Crippen LogP contribution < -0.4 is 5.32 Å². The summed E-state index contributed by atoms with van der Waals surface area (Å²) in [5, 5.41) is 20.1. The van der Waals surface area contributed by atoms with Crippen molar-refractivity contribution in [3.05, 3.63) is 46.6 Å². The number of rotatable bonds is 2. The molecule has 1 N–H and O–H groups in total. The Hall–Kier alpha value is -2.12. The Morgan fingerprint density at radius 3 is 2.94 bits per heavy atom. The molecule has 5 heteroatoms. The number of halogens is 1. The first kappa shape index (κ1) is 11.4. The lowest BCUT2D eigenvalue weighted by atomic mass is 10.2. The van der Waals surface area contributed by atoms with Crippen molar-refractivity contribution in [2.45, 2.75) is 6.92 Å². The van der Waals surface area contributed by atoms with Gasteiger partial charge in [-0.25, -0.2) is 0 Å². The third-order valence-electron chi connectivity index (χ3n) is 2.22. The molecular formula is C12H9ClN4. The molecule has 0 aliphatic rings. The van der Waals surface area contributed by atoms with Gasteiger partial charge < -0.3 is 5.32 Å². The second-order valence-electron chi connectivity index (χ2n) is 3.51. The van der Waals surface area contributed by atoms with E-state index in [1.807, 2.05) is 25.1 Å². The quantitative estimate of drug-likeness (QED) is 0.882. The Labute approximate surface area is 104 Å². The van der Waals surface area contributed by atoms with E-state index < -0.39 is 0 Å². The highest BCUT2D eigenvalue weighted by atomic mass is 35.5. The minimum Gasteiger partial charge on any atom is -0.336 e. The fourth-order valence-electron chi connectivity index (χ4n) is 1.38. The van der Waals surface area contributed by atoms with Crippen LogP contribution in [0, 0.1) is 18.3 Å². The predicted octanol–water partition coefficient (Wildman–Crippen LogP) is 3.05. The molecule has 0 atom stereocenters. The number of nitrogens with zero attached hydrogens (tertiary/aromatic N) is 3. The van der Waals surface area contributed by atoms with Crippen molar-refractivity contribution in [2.75, 3.05) is 5.32 Å². The first-order valence-electron chi connectivity index (χ1n) is 4.95. The summed E-state index contributed by atoms with van der Waals surface area (Å²) in [4.78, 5) is 0. The van der Waals surface area contributed by atoms with Gasteiger partial charge in [-0.15, -0.1) is 5.10 Å². The summed E-state index contributed by atoms with van der Waals surface area (Å²) >= 11 is 6.05. The number of aryl methyl sites for hydroxylation is 1. The van der Waals surface area contributed by atoms with Crippen LogP contribution in [0.1, 0.15) is 11.1 Å². The van der Waals surface area contributed by atoms with Gasteiger partial charge in [-0.1, -0.05) is 17.7 Å². The topological polar surface area (TPSA) is 61.6 Å². The van der Waals surface area contributed by atoms with Crippen molar-refractivity contribution in [2.24, 2.45) is 0 Å². The summed E-state index contributed by atoms with van der Waals surface area (Å²) in [6.45, 7) is 1.96. The normalized spacial score (nSPS) is 9.71. The molecule has 0 saturated heterocycles. The van der Waals surface area contributed by atoms with Crippen LogP contribution in [-0.4, -0.2) is 10.2 Å². The van der Waals surface area contributed by atoms with E-state index in [0.29, 0.717) is 22.1 Å². The molecule has 1 aromatic heterocycles. The molecular weight excluding hydrogens is 236 g/mol. The zero-order valence-electron chi connectivity index (χ0n) is 9.11. The molecule has 0 aliphatic heterocycles. The van der Waals surface area contributed by atoms with Crippen LogP contribution in [0.15, 0.2) is 30.5 Å². The van der Waals surface area contributed by atoms with Gasteiger partial charge in [-0.3, -0.25) is 0 Å². The SMILES string of the molecule is Cc1ccc(Cl)c(Nc2nnccc2C#N)c1. The minimum atomic E-state index is 0.405. The van der Waals surface area contributed by atoms with Crippen molar-refractivity contribution in [3.63, 3.8) is 0 Å². The fourth-order valence-corrected chi connectivity index (χ4v) is 1.54. The van der Waals surface area contributed by atoms with E-state index in [4.69, 9.17) is 16.9 Å². The lowest BCUT2D eigenvalue weighted by Gasteiger charge is -2.08. The highest BCUT2D eigenvalue weighted by molar-refractivity contribution is 6.33. The van der Waals surface area contributed by atoms with Crippen LogP contribution >= 0.6 is 11.6 Å². The van der Waals surface area contributed by atoms with Crippen LogP contribution in [0.5, 0.6) is 0 Å². The van der Waals surface area contributed by atoms with Gasteiger partial charge in [-0.2, -0.15) is 10.4 Å². The molecule has 17 heavy (non-hydrogen) atoms. The number of hydrogen-bond acceptors (Lipinski definition) is 4. The monoisotopic (exact) mass is 244 g/mol. The number of nitrogens with one attached hydrogen (secondary N) is 1. The molecule has 0 aliphatic carbocycles. The number of aromatic nitrogens is 2. The smallest absolute Gasteiger partial charge is 0.171 e. The van der Waals surface area contributed by atoms with Gasteiger partial charge in [-0.05, 0) is 30.7 Å². The van der Waals surface area contributed by atoms with E-state index in [0.717, 1.165) is 5.56 Å². The van der Waals surface area contributed by atoms with Crippen molar-refractivity contribution in [3.8, 4) is 6.07 Å². The van der Waals surface area contributed by atoms with E-state index in [1.165, 1.54) is 6.20 Å². The summed E-state index contributed by atoms with van der Waals surface area (Å²) < 4.78 is 0. The summed E-state index contributed by atoms with van der Waals surface area (Å²) in [7, 11) is 0. The lowest BCUT2D eigenvalue weighted by molar-refractivity contribution is 1.03. The maximum Gasteiger partial charge on any atom is 0.171 e. The zero-order chi connectivity index (χ0) is 12.3. The maximum atomic E-state index is 8.93. The summed E-state index contributed by atoms with van der Waals surface area (Å²) in [6.07, 6.45) is 1.47. The summed E-state index contributed by atoms with van der Waals surface area (Å²) in [5.41, 5.74) is 2.21. The molecule has 0 spiro atoms. The number of anilines is 2. The molecule has 2 rings (SSSR count). The molecule has 0 bridgehead atoms. The number of benzene rings is 1. The van der Waals surface area contributed by atoms with E-state index in [2.05, 4.69) is 15.5 Å². The Balaban J connectivity index is 2.38. The van der Waals surface area contributed by atoms with E-state index in [-0.39, 0.29) is 0 Å². The van der Waals surface area contributed by atoms with Crippen LogP contribution in [-0.2, 0) is 0 Å². The van der Waals surface area contributed by atoms with E-state index >= 15 is 0 Å². The van der Waals surface area contributed by atoms with Crippen molar-refractivity contribution in [1.82, 2.24) is 10.2 Å². The molecule has 1 aromatic carbocycles. The van der Waals surface area contributed by atoms with Crippen molar-refractivity contribution in [1.29, 1.82) is 5.26 Å². The third kappa shape index (κ3) is 2.52. The highest BCUT2D eigenvalue weighted by Crippen LogP contribution is 2.26. The van der Waals surface area contributed by atoms with Crippen LogP contribution in [0.4, 0.5) is 11.5 Å². The minimum absolute atomic E-state index is 0.405. The predicted molar refractivity (Wildman–Crippen MR) is 66.2 cm³/mol. The van der Waals surface area contributed by atoms with Gasteiger partial charge >= 0.3 is 0 Å². The molecule has 84 valence electrons. The first-order valence-corrected chi connectivity index (χ1v) is 5.33. The Morgan fingerprint density at radius 2 is 2.18 bits per heavy atom. The molecule has 0 radical (unpaired) electrons. The molecule has 0 saturated carbocycles. The van der Waals surface area contributed by atoms with E-state index in [1.54, 1.807) is 12.1 Å². The van der Waals surface area contributed by atoms with E-state index in [9.17, 15) is 0 Å². The Morgan fingerprint density at radius 1 is 1.35 bits per heavy atom.